The van der Waals surface area contributed by atoms with Gasteiger partial charge in [0.05, 0.1) is 18.8 Å². The highest BCUT2D eigenvalue weighted by Crippen LogP contribution is 2.12. The van der Waals surface area contributed by atoms with Gasteiger partial charge in [0.15, 0.2) is 11.6 Å². The molecule has 1 rings (SSSR count). The summed E-state index contributed by atoms with van der Waals surface area (Å²) >= 11 is 0. The van der Waals surface area contributed by atoms with Crippen LogP contribution >= 0.6 is 0 Å². The van der Waals surface area contributed by atoms with Gasteiger partial charge in [-0.1, -0.05) is 6.92 Å². The van der Waals surface area contributed by atoms with Crippen molar-refractivity contribution in [1.29, 1.82) is 0 Å². The van der Waals surface area contributed by atoms with E-state index in [9.17, 15) is 4.39 Å². The van der Waals surface area contributed by atoms with Gasteiger partial charge in [-0.15, -0.1) is 0 Å². The maximum atomic E-state index is 13.2. The van der Waals surface area contributed by atoms with E-state index in [0.717, 1.165) is 12.6 Å². The summed E-state index contributed by atoms with van der Waals surface area (Å²) in [7, 11) is 1.59. The predicted octanol–water partition coefficient (Wildman–Crippen LogP) is 1.03. The second kappa shape index (κ2) is 5.45. The van der Waals surface area contributed by atoms with E-state index in [4.69, 9.17) is 10.5 Å². The molecule has 1 aromatic heterocycles. The quantitative estimate of drug-likeness (QED) is 0.766. The van der Waals surface area contributed by atoms with Gasteiger partial charge < -0.3 is 15.8 Å². The zero-order valence-electron chi connectivity index (χ0n) is 8.83. The normalized spacial score (nSPS) is 12.5. The van der Waals surface area contributed by atoms with Gasteiger partial charge in [-0.3, -0.25) is 0 Å². The van der Waals surface area contributed by atoms with Gasteiger partial charge in [0.25, 0.3) is 0 Å². The van der Waals surface area contributed by atoms with Crippen LogP contribution in [0, 0.1) is 5.82 Å². The van der Waals surface area contributed by atoms with Crippen molar-refractivity contribution in [3.63, 3.8) is 0 Å². The van der Waals surface area contributed by atoms with Crippen LogP contribution in [0.25, 0.3) is 0 Å². The number of nitrogens with one attached hydrogen (secondary N) is 1. The van der Waals surface area contributed by atoms with Crippen molar-refractivity contribution in [2.24, 2.45) is 0 Å². The number of methoxy groups -OCH3 is 1. The van der Waals surface area contributed by atoms with E-state index in [2.05, 4.69) is 15.3 Å². The molecule has 0 aromatic carbocycles. The first-order chi connectivity index (χ1) is 7.17. The van der Waals surface area contributed by atoms with Crippen LogP contribution in [-0.2, 0) is 4.74 Å². The predicted molar refractivity (Wildman–Crippen MR) is 56.0 cm³/mol. The summed E-state index contributed by atoms with van der Waals surface area (Å²) < 4.78 is 18.2. The summed E-state index contributed by atoms with van der Waals surface area (Å²) in [6.07, 6.45) is 1.85. The molecular formula is C9H15FN4O. The molecule has 6 heteroatoms. The number of rotatable bonds is 5. The van der Waals surface area contributed by atoms with E-state index in [1.165, 1.54) is 0 Å². The molecule has 0 bridgehead atoms. The molecule has 1 unspecified atom stereocenters. The molecule has 0 saturated heterocycles. The maximum absolute atomic E-state index is 13.2. The molecule has 1 atom stereocenters. The van der Waals surface area contributed by atoms with Gasteiger partial charge in [0.1, 0.15) is 0 Å². The number of aromatic nitrogens is 2. The Labute approximate surface area is 87.9 Å². The van der Waals surface area contributed by atoms with Crippen LogP contribution in [0.5, 0.6) is 0 Å². The number of halogens is 1. The Morgan fingerprint density at radius 3 is 3.00 bits per heavy atom. The van der Waals surface area contributed by atoms with Crippen molar-refractivity contribution in [2.45, 2.75) is 19.4 Å². The number of ether oxygens (including phenoxy) is 1. The van der Waals surface area contributed by atoms with Crippen LogP contribution in [0.1, 0.15) is 13.3 Å². The van der Waals surface area contributed by atoms with Crippen LogP contribution in [0.2, 0.25) is 0 Å². The van der Waals surface area contributed by atoms with E-state index in [-0.39, 0.29) is 17.8 Å². The van der Waals surface area contributed by atoms with Crippen LogP contribution in [-0.4, -0.2) is 29.7 Å². The number of nitrogen functional groups attached to an aromatic ring is 1. The minimum absolute atomic E-state index is 0.0128. The highest BCUT2D eigenvalue weighted by molar-refractivity contribution is 5.40. The van der Waals surface area contributed by atoms with Gasteiger partial charge in [-0.2, -0.15) is 4.98 Å². The van der Waals surface area contributed by atoms with Crippen LogP contribution in [0.15, 0.2) is 6.20 Å². The summed E-state index contributed by atoms with van der Waals surface area (Å²) in [6.45, 7) is 2.46. The summed E-state index contributed by atoms with van der Waals surface area (Å²) in [4.78, 5) is 7.31. The van der Waals surface area contributed by atoms with E-state index in [1.807, 2.05) is 6.92 Å². The fourth-order valence-corrected chi connectivity index (χ4v) is 1.14. The fraction of sp³-hybridized carbons (Fsp3) is 0.556. The van der Waals surface area contributed by atoms with Gasteiger partial charge in [0.2, 0.25) is 5.95 Å². The number of nitrogens with two attached hydrogens (primary N) is 1. The molecule has 0 saturated carbocycles. The van der Waals surface area contributed by atoms with Gasteiger partial charge in [-0.05, 0) is 6.42 Å². The molecule has 15 heavy (non-hydrogen) atoms. The van der Waals surface area contributed by atoms with Gasteiger partial charge in [-0.25, -0.2) is 9.37 Å². The van der Waals surface area contributed by atoms with E-state index < -0.39 is 5.82 Å². The second-order valence-electron chi connectivity index (χ2n) is 3.13. The Balaban J connectivity index is 2.73. The topological polar surface area (TPSA) is 73.1 Å². The summed E-state index contributed by atoms with van der Waals surface area (Å²) in [5.41, 5.74) is 5.36. The standard InChI is InChI=1S/C9H15FN4O/c1-3-6(5-15-2)13-8-7(10)4-12-9(11)14-8/h4,6H,3,5H2,1-2H3,(H3,11,12,13,14). The lowest BCUT2D eigenvalue weighted by Crippen LogP contribution is -2.25. The first kappa shape index (κ1) is 11.6. The fourth-order valence-electron chi connectivity index (χ4n) is 1.14. The molecule has 5 nitrogen and oxygen atoms in total. The number of hydrogen-bond donors (Lipinski definition) is 2. The molecular weight excluding hydrogens is 199 g/mol. The first-order valence-corrected chi connectivity index (χ1v) is 4.70. The van der Waals surface area contributed by atoms with Crippen LogP contribution in [0.4, 0.5) is 16.2 Å². The zero-order valence-corrected chi connectivity index (χ0v) is 8.83. The van der Waals surface area contributed by atoms with Gasteiger partial charge in [0, 0.05) is 7.11 Å². The molecule has 84 valence electrons. The number of anilines is 2. The third-order valence-corrected chi connectivity index (χ3v) is 1.96. The monoisotopic (exact) mass is 214 g/mol. The van der Waals surface area contributed by atoms with Crippen molar-refractivity contribution in [2.75, 3.05) is 24.8 Å². The molecule has 3 N–H and O–H groups in total. The van der Waals surface area contributed by atoms with E-state index in [1.54, 1.807) is 7.11 Å². The Morgan fingerprint density at radius 1 is 1.67 bits per heavy atom. The second-order valence-corrected chi connectivity index (χ2v) is 3.13. The molecule has 0 radical (unpaired) electrons. The number of nitrogens with zero attached hydrogens (tertiary/aromatic N) is 2. The number of hydrogen-bond acceptors (Lipinski definition) is 5. The average molecular weight is 214 g/mol. The Morgan fingerprint density at radius 2 is 2.40 bits per heavy atom. The van der Waals surface area contributed by atoms with Crippen LogP contribution < -0.4 is 11.1 Å². The minimum Gasteiger partial charge on any atom is -0.383 e. The molecule has 1 heterocycles. The Kier molecular flexibility index (Phi) is 4.23. The minimum atomic E-state index is -0.515. The smallest absolute Gasteiger partial charge is 0.222 e. The SMILES string of the molecule is CCC(COC)Nc1nc(N)ncc1F. The summed E-state index contributed by atoms with van der Waals surface area (Å²) in [5, 5.41) is 2.91. The third kappa shape index (κ3) is 3.32. The largest absolute Gasteiger partial charge is 0.383 e. The Hall–Kier alpha value is -1.43. The molecule has 0 spiro atoms. The summed E-state index contributed by atoms with van der Waals surface area (Å²) in [6, 6.07) is 0.0128. The van der Waals surface area contributed by atoms with E-state index >= 15 is 0 Å². The highest BCUT2D eigenvalue weighted by atomic mass is 19.1. The highest BCUT2D eigenvalue weighted by Gasteiger charge is 2.10. The summed E-state index contributed by atoms with van der Waals surface area (Å²) in [5.74, 6) is -0.351. The molecule has 0 aliphatic carbocycles. The lowest BCUT2D eigenvalue weighted by atomic mass is 10.2. The Bertz CT molecular complexity index is 321. The maximum Gasteiger partial charge on any atom is 0.222 e. The molecule has 0 amide bonds. The lowest BCUT2D eigenvalue weighted by molar-refractivity contribution is 0.184. The zero-order chi connectivity index (χ0) is 11.3. The third-order valence-electron chi connectivity index (χ3n) is 1.96. The van der Waals surface area contributed by atoms with Crippen LogP contribution in [0.3, 0.4) is 0 Å². The van der Waals surface area contributed by atoms with Crippen molar-refractivity contribution in [1.82, 2.24) is 9.97 Å². The van der Waals surface area contributed by atoms with Crippen molar-refractivity contribution < 1.29 is 9.13 Å². The van der Waals surface area contributed by atoms with Crippen molar-refractivity contribution in [3.8, 4) is 0 Å². The van der Waals surface area contributed by atoms with Crippen molar-refractivity contribution in [3.05, 3.63) is 12.0 Å². The molecule has 0 fully saturated rings. The van der Waals surface area contributed by atoms with E-state index in [0.29, 0.717) is 6.61 Å². The molecule has 0 aliphatic heterocycles. The molecule has 1 aromatic rings. The first-order valence-electron chi connectivity index (χ1n) is 4.70. The average Bonchev–Trinajstić information content (AvgIpc) is 2.22. The van der Waals surface area contributed by atoms with Crippen molar-refractivity contribution >= 4 is 11.8 Å². The molecule has 0 aliphatic rings. The lowest BCUT2D eigenvalue weighted by Gasteiger charge is -2.16. The van der Waals surface area contributed by atoms with Gasteiger partial charge >= 0.3 is 0 Å².